The van der Waals surface area contributed by atoms with Crippen molar-refractivity contribution < 1.29 is 0 Å². The molecule has 5 heteroatoms. The number of nitrogens with zero attached hydrogens (tertiary/aromatic N) is 3. The highest BCUT2D eigenvalue weighted by molar-refractivity contribution is 7.98. The molecule has 0 radical (unpaired) electrons. The first-order valence-electron chi connectivity index (χ1n) is 5.04. The lowest BCUT2D eigenvalue weighted by atomic mass is 10.2. The fourth-order valence-electron chi connectivity index (χ4n) is 1.74. The maximum Gasteiger partial charge on any atom is 0.131 e. The van der Waals surface area contributed by atoms with E-state index in [-0.39, 0.29) is 0 Å². The minimum absolute atomic E-state index is 0.554. The Balaban J connectivity index is 2.91. The van der Waals surface area contributed by atoms with E-state index in [2.05, 4.69) is 23.3 Å². The van der Waals surface area contributed by atoms with Crippen molar-refractivity contribution in [1.82, 2.24) is 9.78 Å². The van der Waals surface area contributed by atoms with Crippen molar-refractivity contribution in [2.24, 2.45) is 12.8 Å². The Morgan fingerprint density at radius 2 is 2.20 bits per heavy atom. The van der Waals surface area contributed by atoms with Gasteiger partial charge >= 0.3 is 0 Å². The van der Waals surface area contributed by atoms with E-state index in [4.69, 9.17) is 5.73 Å². The summed E-state index contributed by atoms with van der Waals surface area (Å²) in [6, 6.07) is 0. The van der Waals surface area contributed by atoms with Crippen LogP contribution in [-0.4, -0.2) is 35.4 Å². The number of thioether (sulfide) groups is 1. The molecule has 4 nitrogen and oxygen atoms in total. The van der Waals surface area contributed by atoms with E-state index in [9.17, 15) is 0 Å². The first-order valence-corrected chi connectivity index (χ1v) is 6.43. The van der Waals surface area contributed by atoms with Crippen LogP contribution in [0.15, 0.2) is 0 Å². The van der Waals surface area contributed by atoms with Gasteiger partial charge in [0.05, 0.1) is 5.69 Å². The molecule has 0 aliphatic heterocycles. The van der Waals surface area contributed by atoms with Gasteiger partial charge in [0.25, 0.3) is 0 Å². The van der Waals surface area contributed by atoms with Gasteiger partial charge in [-0.25, -0.2) is 0 Å². The van der Waals surface area contributed by atoms with Gasteiger partial charge in [-0.05, 0) is 13.2 Å². The van der Waals surface area contributed by atoms with Crippen LogP contribution in [0.3, 0.4) is 0 Å². The van der Waals surface area contributed by atoms with Crippen LogP contribution in [-0.2, 0) is 13.6 Å². The van der Waals surface area contributed by atoms with E-state index < -0.39 is 0 Å². The Kier molecular flexibility index (Phi) is 4.47. The van der Waals surface area contributed by atoms with Gasteiger partial charge in [0, 0.05) is 38.5 Å². The molecule has 0 unspecified atom stereocenters. The van der Waals surface area contributed by atoms with Gasteiger partial charge in [0.15, 0.2) is 0 Å². The maximum atomic E-state index is 5.75. The molecule has 0 saturated carbocycles. The van der Waals surface area contributed by atoms with Crippen molar-refractivity contribution in [3.8, 4) is 0 Å². The zero-order valence-corrected chi connectivity index (χ0v) is 10.8. The number of anilines is 1. The quantitative estimate of drug-likeness (QED) is 0.816. The number of nitrogens with two attached hydrogens (primary N) is 1. The third kappa shape index (κ3) is 2.66. The van der Waals surface area contributed by atoms with Crippen molar-refractivity contribution in [1.29, 1.82) is 0 Å². The fraction of sp³-hybridized carbons (Fsp3) is 0.700. The van der Waals surface area contributed by atoms with Gasteiger partial charge in [0.2, 0.25) is 0 Å². The standard InChI is InChI=1S/C10H20N4S/c1-8-9(7-11)10(14(3)12-8)13(2)5-6-15-4/h5-7,11H2,1-4H3. The van der Waals surface area contributed by atoms with E-state index in [0.29, 0.717) is 6.54 Å². The van der Waals surface area contributed by atoms with Gasteiger partial charge in [-0.1, -0.05) is 0 Å². The van der Waals surface area contributed by atoms with Gasteiger partial charge in [-0.2, -0.15) is 16.9 Å². The predicted octanol–water partition coefficient (Wildman–Crippen LogP) is 0.986. The summed E-state index contributed by atoms with van der Waals surface area (Å²) in [7, 11) is 4.06. The zero-order valence-electron chi connectivity index (χ0n) is 9.95. The van der Waals surface area contributed by atoms with Crippen molar-refractivity contribution in [2.45, 2.75) is 13.5 Å². The Morgan fingerprint density at radius 1 is 1.53 bits per heavy atom. The summed E-state index contributed by atoms with van der Waals surface area (Å²) in [6.07, 6.45) is 2.12. The third-order valence-corrected chi connectivity index (χ3v) is 3.10. The van der Waals surface area contributed by atoms with E-state index in [1.165, 1.54) is 0 Å². The summed E-state index contributed by atoms with van der Waals surface area (Å²) in [5.74, 6) is 2.26. The topological polar surface area (TPSA) is 47.1 Å². The van der Waals surface area contributed by atoms with Crippen molar-refractivity contribution in [3.63, 3.8) is 0 Å². The van der Waals surface area contributed by atoms with Gasteiger partial charge < -0.3 is 10.6 Å². The molecule has 0 amide bonds. The highest BCUT2D eigenvalue weighted by Gasteiger charge is 2.14. The highest BCUT2D eigenvalue weighted by Crippen LogP contribution is 2.21. The SMILES string of the molecule is CSCCN(C)c1c(CN)c(C)nn1C. The van der Waals surface area contributed by atoms with Crippen LogP contribution < -0.4 is 10.6 Å². The Hall–Kier alpha value is -0.680. The first-order chi connectivity index (χ1) is 7.11. The average Bonchev–Trinajstić information content (AvgIpc) is 2.49. The maximum absolute atomic E-state index is 5.75. The normalized spacial score (nSPS) is 10.7. The summed E-state index contributed by atoms with van der Waals surface area (Å²) in [5.41, 5.74) is 7.93. The molecule has 1 heterocycles. The largest absolute Gasteiger partial charge is 0.359 e. The molecule has 0 atom stereocenters. The second-order valence-electron chi connectivity index (χ2n) is 3.63. The second-order valence-corrected chi connectivity index (χ2v) is 4.62. The Labute approximate surface area is 95.8 Å². The molecule has 1 aromatic rings. The van der Waals surface area contributed by atoms with Crippen molar-refractivity contribution in [3.05, 3.63) is 11.3 Å². The molecule has 86 valence electrons. The lowest BCUT2D eigenvalue weighted by Crippen LogP contribution is -2.24. The van der Waals surface area contributed by atoms with Crippen molar-refractivity contribution >= 4 is 17.6 Å². The second kappa shape index (κ2) is 5.42. The van der Waals surface area contributed by atoms with Crippen LogP contribution >= 0.6 is 11.8 Å². The molecule has 0 fully saturated rings. The number of hydrogen-bond donors (Lipinski definition) is 1. The van der Waals surface area contributed by atoms with Gasteiger partial charge in [0.1, 0.15) is 5.82 Å². The summed E-state index contributed by atoms with van der Waals surface area (Å²) in [5, 5.41) is 4.40. The van der Waals surface area contributed by atoms with Gasteiger partial charge in [-0.3, -0.25) is 4.68 Å². The summed E-state index contributed by atoms with van der Waals surface area (Å²) in [6.45, 7) is 3.58. The van der Waals surface area contributed by atoms with E-state index in [0.717, 1.165) is 29.4 Å². The molecule has 0 aliphatic rings. The Morgan fingerprint density at radius 3 is 2.73 bits per heavy atom. The van der Waals surface area contributed by atoms with E-state index in [1.54, 1.807) is 0 Å². The predicted molar refractivity (Wildman–Crippen MR) is 67.5 cm³/mol. The van der Waals surface area contributed by atoms with Gasteiger partial charge in [-0.15, -0.1) is 0 Å². The molecule has 0 spiro atoms. The van der Waals surface area contributed by atoms with Crippen LogP contribution in [0.1, 0.15) is 11.3 Å². The lowest BCUT2D eigenvalue weighted by molar-refractivity contribution is 0.733. The van der Waals surface area contributed by atoms with E-state index >= 15 is 0 Å². The Bertz CT molecular complexity index is 321. The highest BCUT2D eigenvalue weighted by atomic mass is 32.2. The fourth-order valence-corrected chi connectivity index (χ4v) is 2.20. The van der Waals surface area contributed by atoms with Crippen LogP contribution in [0.5, 0.6) is 0 Å². The first kappa shape index (κ1) is 12.4. The number of aryl methyl sites for hydroxylation is 2. The third-order valence-electron chi connectivity index (χ3n) is 2.51. The van der Waals surface area contributed by atoms with Crippen LogP contribution in [0.4, 0.5) is 5.82 Å². The molecular weight excluding hydrogens is 208 g/mol. The van der Waals surface area contributed by atoms with Crippen LogP contribution in [0.25, 0.3) is 0 Å². The number of aromatic nitrogens is 2. The van der Waals surface area contributed by atoms with Crippen LogP contribution in [0, 0.1) is 6.92 Å². The molecule has 0 aromatic carbocycles. The van der Waals surface area contributed by atoms with Crippen LogP contribution in [0.2, 0.25) is 0 Å². The monoisotopic (exact) mass is 228 g/mol. The molecular formula is C10H20N4S. The van der Waals surface area contributed by atoms with E-state index in [1.807, 2.05) is 30.4 Å². The molecule has 0 aliphatic carbocycles. The number of rotatable bonds is 5. The zero-order chi connectivity index (χ0) is 11.4. The minimum atomic E-state index is 0.554. The minimum Gasteiger partial charge on any atom is -0.359 e. The molecule has 0 bridgehead atoms. The molecule has 0 saturated heterocycles. The molecule has 15 heavy (non-hydrogen) atoms. The molecule has 1 aromatic heterocycles. The smallest absolute Gasteiger partial charge is 0.131 e. The summed E-state index contributed by atoms with van der Waals surface area (Å²) in [4.78, 5) is 2.22. The summed E-state index contributed by atoms with van der Waals surface area (Å²) < 4.78 is 1.91. The number of hydrogen-bond acceptors (Lipinski definition) is 4. The average molecular weight is 228 g/mol. The molecule has 1 rings (SSSR count). The molecule has 2 N–H and O–H groups in total. The summed E-state index contributed by atoms with van der Waals surface area (Å²) >= 11 is 1.85. The lowest BCUT2D eigenvalue weighted by Gasteiger charge is -2.20. The van der Waals surface area contributed by atoms with Crippen molar-refractivity contribution in [2.75, 3.05) is 30.5 Å².